The second-order valence-electron chi connectivity index (χ2n) is 6.60. The van der Waals surface area contributed by atoms with E-state index in [2.05, 4.69) is 60.6 Å². The molecule has 0 fully saturated rings. The van der Waals surface area contributed by atoms with Crippen LogP contribution in [-0.4, -0.2) is 0 Å². The maximum atomic E-state index is 2.34. The van der Waals surface area contributed by atoms with Gasteiger partial charge in [0, 0.05) is 0 Å². The monoisotopic (exact) mass is 354 g/mol. The van der Waals surface area contributed by atoms with E-state index in [4.69, 9.17) is 0 Å². The molecule has 0 saturated carbocycles. The zero-order chi connectivity index (χ0) is 20.5. The Labute approximate surface area is 163 Å². The van der Waals surface area contributed by atoms with Crippen molar-refractivity contribution in [2.75, 3.05) is 0 Å². The highest BCUT2D eigenvalue weighted by molar-refractivity contribution is 5.16. The predicted molar refractivity (Wildman–Crippen MR) is 124 cm³/mol. The summed E-state index contributed by atoms with van der Waals surface area (Å²) in [4.78, 5) is 0. The molecule has 0 aliphatic heterocycles. The van der Waals surface area contributed by atoms with Gasteiger partial charge in [-0.05, 0) is 32.6 Å². The summed E-state index contributed by atoms with van der Waals surface area (Å²) in [6.07, 6.45) is 16.7. The lowest BCUT2D eigenvalue weighted by molar-refractivity contribution is 0.546. The van der Waals surface area contributed by atoms with E-state index in [-0.39, 0.29) is 0 Å². The minimum absolute atomic E-state index is 0.832. The van der Waals surface area contributed by atoms with Gasteiger partial charge in [0.05, 0.1) is 0 Å². The van der Waals surface area contributed by atoms with E-state index in [1.165, 1.54) is 63.4 Å². The highest BCUT2D eigenvalue weighted by atomic mass is 14.1. The van der Waals surface area contributed by atoms with E-state index in [0.717, 1.165) is 5.92 Å². The minimum Gasteiger partial charge on any atom is -0.0764 e. The number of unbranched alkanes of at least 4 members (excludes halogenated alkanes) is 4. The molecule has 0 aromatic rings. The number of hydrogen-bond donors (Lipinski definition) is 0. The molecule has 0 aromatic heterocycles. The maximum Gasteiger partial charge on any atom is -0.0291 e. The molecule has 0 aliphatic rings. The molecule has 154 valence electrons. The number of rotatable bonds is 10. The van der Waals surface area contributed by atoms with Gasteiger partial charge < -0.3 is 0 Å². The molecular formula is C25H54. The molecule has 0 N–H and O–H groups in total. The van der Waals surface area contributed by atoms with Gasteiger partial charge in [-0.25, -0.2) is 0 Å². The first-order chi connectivity index (χ1) is 12.0. The molecule has 0 saturated heterocycles. The predicted octanol–water partition coefficient (Wildman–Crippen LogP) is 10.1. The Bertz CT molecular complexity index is 249. The van der Waals surface area contributed by atoms with Crippen LogP contribution < -0.4 is 0 Å². The van der Waals surface area contributed by atoms with Crippen LogP contribution in [0.15, 0.2) is 23.3 Å². The molecule has 0 aromatic carbocycles. The van der Waals surface area contributed by atoms with Crippen LogP contribution in [0.25, 0.3) is 0 Å². The lowest BCUT2D eigenvalue weighted by Gasteiger charge is -2.11. The Morgan fingerprint density at radius 2 is 1.20 bits per heavy atom. The summed E-state index contributed by atoms with van der Waals surface area (Å²) < 4.78 is 0. The van der Waals surface area contributed by atoms with E-state index in [9.17, 15) is 0 Å². The maximum absolute atomic E-state index is 2.34. The average Bonchev–Trinajstić information content (AvgIpc) is 2.64. The summed E-state index contributed by atoms with van der Waals surface area (Å²) in [5.74, 6) is 0.832. The fourth-order valence-corrected chi connectivity index (χ4v) is 2.13. The third-order valence-electron chi connectivity index (χ3n) is 3.74. The Kier molecular flexibility index (Phi) is 40.2. The number of hydrogen-bond acceptors (Lipinski definition) is 0. The van der Waals surface area contributed by atoms with Gasteiger partial charge in [0.25, 0.3) is 0 Å². The van der Waals surface area contributed by atoms with Crippen molar-refractivity contribution in [1.29, 1.82) is 0 Å². The van der Waals surface area contributed by atoms with Crippen LogP contribution in [0.1, 0.15) is 134 Å². The van der Waals surface area contributed by atoms with E-state index in [1.54, 1.807) is 5.57 Å². The van der Waals surface area contributed by atoms with Gasteiger partial charge in [-0.1, -0.05) is 131 Å². The van der Waals surface area contributed by atoms with Gasteiger partial charge in [-0.15, -0.1) is 0 Å². The van der Waals surface area contributed by atoms with E-state index >= 15 is 0 Å². The first kappa shape index (κ1) is 32.2. The molecule has 1 atom stereocenters. The lowest BCUT2D eigenvalue weighted by Crippen LogP contribution is -1.95. The normalized spacial score (nSPS) is 10.9. The summed E-state index contributed by atoms with van der Waals surface area (Å²) >= 11 is 0. The second kappa shape index (κ2) is 31.3. The van der Waals surface area contributed by atoms with E-state index in [1.807, 2.05) is 27.7 Å². The standard InChI is InChI=1S/C14H26.C7H16.2C2H6/c1-6-8-14(10-9-12(3)4)11-13(5)7-2;1-3-5-7-6-4-2;2*1-2/h9-10,13H,6-8,11H2,1-5H3;3-7H2,1-2H3;2*1-2H3/b14-10+;;;. The summed E-state index contributed by atoms with van der Waals surface area (Å²) in [6.45, 7) is 23.7. The van der Waals surface area contributed by atoms with Crippen LogP contribution >= 0.6 is 0 Å². The number of allylic oxidation sites excluding steroid dienone is 4. The van der Waals surface area contributed by atoms with Crippen molar-refractivity contribution in [3.05, 3.63) is 23.3 Å². The third kappa shape index (κ3) is 35.5. The van der Waals surface area contributed by atoms with Crippen molar-refractivity contribution in [3.63, 3.8) is 0 Å². The summed E-state index contributed by atoms with van der Waals surface area (Å²) in [5, 5.41) is 0. The van der Waals surface area contributed by atoms with Crippen molar-refractivity contribution < 1.29 is 0 Å². The first-order valence-electron chi connectivity index (χ1n) is 11.3. The zero-order valence-electron chi connectivity index (χ0n) is 20.1. The molecule has 0 radical (unpaired) electrons. The third-order valence-corrected chi connectivity index (χ3v) is 3.74. The Morgan fingerprint density at radius 1 is 0.720 bits per heavy atom. The molecule has 0 spiro atoms. The van der Waals surface area contributed by atoms with Crippen molar-refractivity contribution >= 4 is 0 Å². The van der Waals surface area contributed by atoms with Crippen LogP contribution in [0.3, 0.4) is 0 Å². The van der Waals surface area contributed by atoms with Gasteiger partial charge in [-0.3, -0.25) is 0 Å². The molecular weight excluding hydrogens is 300 g/mol. The van der Waals surface area contributed by atoms with Crippen LogP contribution in [0.4, 0.5) is 0 Å². The van der Waals surface area contributed by atoms with Crippen LogP contribution in [0, 0.1) is 5.92 Å². The van der Waals surface area contributed by atoms with Gasteiger partial charge in [-0.2, -0.15) is 0 Å². The first-order valence-corrected chi connectivity index (χ1v) is 11.3. The topological polar surface area (TPSA) is 0 Å². The minimum atomic E-state index is 0.832. The van der Waals surface area contributed by atoms with Crippen LogP contribution in [-0.2, 0) is 0 Å². The van der Waals surface area contributed by atoms with Gasteiger partial charge in [0.1, 0.15) is 0 Å². The molecule has 25 heavy (non-hydrogen) atoms. The van der Waals surface area contributed by atoms with Gasteiger partial charge in [0.2, 0.25) is 0 Å². The summed E-state index contributed by atoms with van der Waals surface area (Å²) in [6, 6.07) is 0. The smallest absolute Gasteiger partial charge is 0.0291 e. The average molecular weight is 355 g/mol. The van der Waals surface area contributed by atoms with Crippen LogP contribution in [0.5, 0.6) is 0 Å². The van der Waals surface area contributed by atoms with Crippen molar-refractivity contribution in [2.24, 2.45) is 5.92 Å². The van der Waals surface area contributed by atoms with Crippen LogP contribution in [0.2, 0.25) is 0 Å². The van der Waals surface area contributed by atoms with Crippen molar-refractivity contribution in [3.8, 4) is 0 Å². The Balaban J connectivity index is -0.000000168. The molecule has 0 amide bonds. The SMILES string of the molecule is CC.CC.CCC/C(=C\C=C(C)C)CC(C)CC.CCCCCCC. The Hall–Kier alpha value is -0.520. The largest absolute Gasteiger partial charge is 0.0764 e. The van der Waals surface area contributed by atoms with Crippen molar-refractivity contribution in [2.45, 2.75) is 134 Å². The van der Waals surface area contributed by atoms with E-state index < -0.39 is 0 Å². The summed E-state index contributed by atoms with van der Waals surface area (Å²) in [5.41, 5.74) is 3.01. The fourth-order valence-electron chi connectivity index (χ4n) is 2.13. The highest BCUT2D eigenvalue weighted by Crippen LogP contribution is 2.19. The Morgan fingerprint density at radius 3 is 1.52 bits per heavy atom. The fraction of sp³-hybridized carbons (Fsp3) is 0.840. The molecule has 1 unspecified atom stereocenters. The van der Waals surface area contributed by atoms with E-state index in [0.29, 0.717) is 0 Å². The van der Waals surface area contributed by atoms with Gasteiger partial charge >= 0.3 is 0 Å². The molecule has 0 rings (SSSR count). The van der Waals surface area contributed by atoms with Crippen molar-refractivity contribution in [1.82, 2.24) is 0 Å². The highest BCUT2D eigenvalue weighted by Gasteiger charge is 2.02. The molecule has 0 heteroatoms. The zero-order valence-corrected chi connectivity index (χ0v) is 20.1. The van der Waals surface area contributed by atoms with Gasteiger partial charge in [0.15, 0.2) is 0 Å². The molecule has 0 aliphatic carbocycles. The molecule has 0 bridgehead atoms. The molecule has 0 nitrogen and oxygen atoms in total. The molecule has 0 heterocycles. The summed E-state index contributed by atoms with van der Waals surface area (Å²) in [7, 11) is 0. The second-order valence-corrected chi connectivity index (χ2v) is 6.60. The quantitative estimate of drug-likeness (QED) is 0.270. The lowest BCUT2D eigenvalue weighted by atomic mass is 9.95.